The van der Waals surface area contributed by atoms with Crippen LogP contribution in [0.4, 0.5) is 11.4 Å². The summed E-state index contributed by atoms with van der Waals surface area (Å²) in [6.07, 6.45) is 0.0122. The van der Waals surface area contributed by atoms with Crippen molar-refractivity contribution in [3.63, 3.8) is 0 Å². The molecule has 2 aliphatic rings. The number of fused-ring (bicyclic) bond motifs is 1. The fourth-order valence-corrected chi connectivity index (χ4v) is 4.83. The number of halogens is 1. The van der Waals surface area contributed by atoms with Crippen LogP contribution in [-0.4, -0.2) is 24.5 Å². The van der Waals surface area contributed by atoms with Crippen LogP contribution in [0.2, 0.25) is 0 Å². The molecule has 2 aliphatic heterocycles. The number of amides is 2. The summed E-state index contributed by atoms with van der Waals surface area (Å²) in [5, 5.41) is 1.70. The lowest BCUT2D eigenvalue weighted by molar-refractivity contribution is -0.126. The summed E-state index contributed by atoms with van der Waals surface area (Å²) >= 11 is 3.52. The lowest BCUT2D eigenvalue weighted by atomic mass is 9.90. The number of hydrogen-bond acceptors (Lipinski definition) is 5. The van der Waals surface area contributed by atoms with Gasteiger partial charge in [-0.25, -0.2) is 9.96 Å². The smallest absolute Gasteiger partial charge is 0.266 e. The number of imide groups is 1. The predicted octanol–water partition coefficient (Wildman–Crippen LogP) is 5.29. The minimum atomic E-state index is -0.891. The maximum Gasteiger partial charge on any atom is 0.266 e. The first-order valence-corrected chi connectivity index (χ1v) is 11.7. The number of ether oxygens (including phenoxy) is 1. The van der Waals surface area contributed by atoms with Crippen LogP contribution < -0.4 is 14.7 Å². The molecular weight excluding hydrogens is 484 g/mol. The second-order valence-corrected chi connectivity index (χ2v) is 8.98. The van der Waals surface area contributed by atoms with E-state index in [4.69, 9.17) is 9.57 Å². The van der Waals surface area contributed by atoms with Gasteiger partial charge in [-0.2, -0.15) is 0 Å². The average molecular weight is 507 g/mol. The molecule has 3 aromatic carbocycles. The molecule has 2 saturated heterocycles. The maximum atomic E-state index is 13.7. The van der Waals surface area contributed by atoms with Gasteiger partial charge < -0.3 is 4.74 Å². The zero-order valence-corrected chi connectivity index (χ0v) is 19.6. The lowest BCUT2D eigenvalue weighted by Crippen LogP contribution is -2.37. The predicted molar refractivity (Wildman–Crippen MR) is 129 cm³/mol. The van der Waals surface area contributed by atoms with Crippen molar-refractivity contribution in [2.45, 2.75) is 25.5 Å². The van der Waals surface area contributed by atoms with Crippen molar-refractivity contribution in [2.24, 2.45) is 5.92 Å². The number of carbonyl (C=O) groups is 2. The van der Waals surface area contributed by atoms with Crippen LogP contribution in [0.25, 0.3) is 0 Å². The van der Waals surface area contributed by atoms with Crippen molar-refractivity contribution in [2.75, 3.05) is 16.6 Å². The zero-order chi connectivity index (χ0) is 22.9. The van der Waals surface area contributed by atoms with Gasteiger partial charge in [0.1, 0.15) is 11.7 Å². The second kappa shape index (κ2) is 9.00. The van der Waals surface area contributed by atoms with Crippen LogP contribution in [0.5, 0.6) is 5.75 Å². The summed E-state index contributed by atoms with van der Waals surface area (Å²) in [6, 6.07) is 23.9. The van der Waals surface area contributed by atoms with E-state index in [0.717, 1.165) is 22.1 Å². The van der Waals surface area contributed by atoms with E-state index in [1.165, 1.54) is 4.90 Å². The number of para-hydroxylation sites is 1. The van der Waals surface area contributed by atoms with Gasteiger partial charge in [0, 0.05) is 4.47 Å². The Kier molecular flexibility index (Phi) is 5.91. The van der Waals surface area contributed by atoms with E-state index in [9.17, 15) is 9.59 Å². The van der Waals surface area contributed by atoms with Gasteiger partial charge in [-0.15, -0.1) is 0 Å². The Morgan fingerprint density at radius 2 is 1.67 bits per heavy atom. The van der Waals surface area contributed by atoms with Crippen molar-refractivity contribution in [3.8, 4) is 5.75 Å². The molecule has 3 atom stereocenters. The number of hydrogen-bond donors (Lipinski definition) is 0. The molecule has 0 aromatic heterocycles. The van der Waals surface area contributed by atoms with E-state index in [2.05, 4.69) is 15.9 Å². The minimum absolute atomic E-state index is 0.268. The van der Waals surface area contributed by atoms with Gasteiger partial charge in [0.05, 0.1) is 24.0 Å². The molecule has 168 valence electrons. The summed E-state index contributed by atoms with van der Waals surface area (Å²) in [5.74, 6) is -0.581. The second-order valence-electron chi connectivity index (χ2n) is 8.07. The monoisotopic (exact) mass is 506 g/mol. The molecule has 33 heavy (non-hydrogen) atoms. The molecule has 0 spiro atoms. The summed E-state index contributed by atoms with van der Waals surface area (Å²) in [5.41, 5.74) is 2.21. The van der Waals surface area contributed by atoms with E-state index in [1.54, 1.807) is 29.3 Å². The molecule has 6 nitrogen and oxygen atoms in total. The van der Waals surface area contributed by atoms with E-state index in [1.807, 2.05) is 61.5 Å². The molecule has 2 amide bonds. The summed E-state index contributed by atoms with van der Waals surface area (Å²) in [6.45, 7) is 2.65. The van der Waals surface area contributed by atoms with Gasteiger partial charge in [-0.05, 0) is 60.5 Å². The molecule has 2 heterocycles. The third-order valence-electron chi connectivity index (χ3n) is 5.88. The first-order valence-electron chi connectivity index (χ1n) is 11.0. The average Bonchev–Trinajstić information content (AvgIpc) is 3.35. The van der Waals surface area contributed by atoms with E-state index in [0.29, 0.717) is 18.0 Å². The van der Waals surface area contributed by atoms with Crippen LogP contribution >= 0.6 is 15.9 Å². The largest absolute Gasteiger partial charge is 0.494 e. The highest BCUT2D eigenvalue weighted by Gasteiger charge is 2.60. The molecule has 5 rings (SSSR count). The topological polar surface area (TPSA) is 59.1 Å². The van der Waals surface area contributed by atoms with Gasteiger partial charge in [-0.3, -0.25) is 14.4 Å². The van der Waals surface area contributed by atoms with E-state index in [-0.39, 0.29) is 11.8 Å². The van der Waals surface area contributed by atoms with E-state index < -0.39 is 18.1 Å². The SMILES string of the molecule is CCCOc1ccc(N2C(=O)C3ON(c4ccccc4)C(c4cccc(Br)c4)C3C2=O)cc1. The number of carbonyl (C=O) groups excluding carboxylic acids is 2. The molecule has 0 saturated carbocycles. The molecule has 0 aliphatic carbocycles. The van der Waals surface area contributed by atoms with Crippen LogP contribution in [0, 0.1) is 5.92 Å². The molecule has 0 radical (unpaired) electrons. The molecular formula is C26H23BrN2O4. The fourth-order valence-electron chi connectivity index (χ4n) is 4.41. The third-order valence-corrected chi connectivity index (χ3v) is 6.38. The normalized spacial score (nSPS) is 22.1. The van der Waals surface area contributed by atoms with Crippen molar-refractivity contribution in [1.29, 1.82) is 0 Å². The van der Waals surface area contributed by atoms with Gasteiger partial charge in [0.25, 0.3) is 5.91 Å². The number of hydroxylamine groups is 1. The van der Waals surface area contributed by atoms with Crippen molar-refractivity contribution in [3.05, 3.63) is 88.9 Å². The molecule has 0 bridgehead atoms. The highest BCUT2D eigenvalue weighted by atomic mass is 79.9. The highest BCUT2D eigenvalue weighted by Crippen LogP contribution is 2.47. The van der Waals surface area contributed by atoms with E-state index >= 15 is 0 Å². The van der Waals surface area contributed by atoms with Crippen LogP contribution in [0.1, 0.15) is 24.9 Å². The zero-order valence-electron chi connectivity index (χ0n) is 18.1. The van der Waals surface area contributed by atoms with Crippen LogP contribution in [0.15, 0.2) is 83.3 Å². The number of benzene rings is 3. The first kappa shape index (κ1) is 21.7. The number of nitrogens with zero attached hydrogens (tertiary/aromatic N) is 2. The van der Waals surface area contributed by atoms with Gasteiger partial charge in [0.2, 0.25) is 5.91 Å². The Balaban J connectivity index is 1.50. The van der Waals surface area contributed by atoms with Gasteiger partial charge in [0.15, 0.2) is 6.10 Å². The highest BCUT2D eigenvalue weighted by molar-refractivity contribution is 9.10. The molecule has 2 fully saturated rings. The minimum Gasteiger partial charge on any atom is -0.494 e. The summed E-state index contributed by atoms with van der Waals surface area (Å²) < 4.78 is 6.52. The molecule has 7 heteroatoms. The Morgan fingerprint density at radius 1 is 0.909 bits per heavy atom. The lowest BCUT2D eigenvalue weighted by Gasteiger charge is -2.29. The fraction of sp³-hybridized carbons (Fsp3) is 0.231. The van der Waals surface area contributed by atoms with Gasteiger partial charge in [-0.1, -0.05) is 53.2 Å². The van der Waals surface area contributed by atoms with Gasteiger partial charge >= 0.3 is 0 Å². The quantitative estimate of drug-likeness (QED) is 0.425. The number of anilines is 2. The summed E-state index contributed by atoms with van der Waals surface area (Å²) in [4.78, 5) is 34.5. The van der Waals surface area contributed by atoms with Crippen molar-refractivity contribution < 1.29 is 19.2 Å². The maximum absolute atomic E-state index is 13.7. The van der Waals surface area contributed by atoms with Crippen LogP contribution in [0.3, 0.4) is 0 Å². The Labute approximate surface area is 200 Å². The van der Waals surface area contributed by atoms with Crippen molar-refractivity contribution in [1.82, 2.24) is 0 Å². The third kappa shape index (κ3) is 3.92. The summed E-state index contributed by atoms with van der Waals surface area (Å²) in [7, 11) is 0. The van der Waals surface area contributed by atoms with Crippen molar-refractivity contribution >= 4 is 39.1 Å². The first-order chi connectivity index (χ1) is 16.1. The Morgan fingerprint density at radius 3 is 2.36 bits per heavy atom. The molecule has 3 aromatic rings. The number of rotatable bonds is 6. The molecule has 0 N–H and O–H groups in total. The Hall–Kier alpha value is -3.16. The Bertz CT molecular complexity index is 1170. The van der Waals surface area contributed by atoms with Crippen LogP contribution in [-0.2, 0) is 14.4 Å². The standard InChI is InChI=1S/C26H23BrN2O4/c1-2-15-32-21-13-11-19(12-14-21)28-25(30)22-23(17-7-6-8-18(27)16-17)29(33-24(22)26(28)31)20-9-4-3-5-10-20/h3-14,16,22-24H,2,15H2,1H3. The molecule has 3 unspecified atom stereocenters.